The Morgan fingerprint density at radius 1 is 0.917 bits per heavy atom. The Bertz CT molecular complexity index is 758. The van der Waals surface area contributed by atoms with Crippen molar-refractivity contribution in [2.45, 2.75) is 6.92 Å². The summed E-state index contributed by atoms with van der Waals surface area (Å²) in [5.41, 5.74) is 10.1. The van der Waals surface area contributed by atoms with Crippen LogP contribution in [0.2, 0.25) is 0 Å². The van der Waals surface area contributed by atoms with Gasteiger partial charge in [0.1, 0.15) is 0 Å². The van der Waals surface area contributed by atoms with Gasteiger partial charge in [0.25, 0.3) is 0 Å². The molecule has 5 nitrogen and oxygen atoms in total. The highest BCUT2D eigenvalue weighted by Gasteiger charge is 1.95. The van der Waals surface area contributed by atoms with Crippen molar-refractivity contribution in [3.63, 3.8) is 0 Å². The van der Waals surface area contributed by atoms with Crippen LogP contribution in [0.4, 0.5) is 22.7 Å². The number of nitrogen functional groups attached to an aromatic ring is 1. The summed E-state index contributed by atoms with van der Waals surface area (Å²) in [6, 6.07) is 19.0. The maximum Gasteiger partial charge on any atom is 0.211 e. The second-order valence-corrected chi connectivity index (χ2v) is 5.12. The van der Waals surface area contributed by atoms with Crippen LogP contribution >= 0.6 is 0 Å². The molecule has 0 unspecified atom stereocenters. The molecule has 3 rings (SSSR count). The number of pyridine rings is 1. The Balaban J connectivity index is 0.000000219. The SMILES string of the molecule is Cc1cccc(N)c1.O=CNc1cccc(Nc2ccncc2)c1. The van der Waals surface area contributed by atoms with Crippen LogP contribution in [0.3, 0.4) is 0 Å². The first-order chi connectivity index (χ1) is 11.7. The van der Waals surface area contributed by atoms with Gasteiger partial charge in [-0.1, -0.05) is 18.2 Å². The molecular formula is C19H20N4O. The summed E-state index contributed by atoms with van der Waals surface area (Å²) >= 11 is 0. The predicted octanol–water partition coefficient (Wildman–Crippen LogP) is 3.97. The summed E-state index contributed by atoms with van der Waals surface area (Å²) in [7, 11) is 0. The van der Waals surface area contributed by atoms with Crippen molar-refractivity contribution in [3.8, 4) is 0 Å². The number of hydrogen-bond donors (Lipinski definition) is 3. The molecule has 0 fully saturated rings. The van der Waals surface area contributed by atoms with E-state index >= 15 is 0 Å². The van der Waals surface area contributed by atoms with Gasteiger partial charge in [-0.3, -0.25) is 9.78 Å². The normalized spacial score (nSPS) is 9.38. The molecule has 0 atom stereocenters. The molecule has 0 spiro atoms. The van der Waals surface area contributed by atoms with Crippen molar-refractivity contribution in [1.82, 2.24) is 4.98 Å². The summed E-state index contributed by atoms with van der Waals surface area (Å²) < 4.78 is 0. The Morgan fingerprint density at radius 3 is 2.25 bits per heavy atom. The highest BCUT2D eigenvalue weighted by atomic mass is 16.1. The molecule has 2 aromatic carbocycles. The summed E-state index contributed by atoms with van der Waals surface area (Å²) in [5, 5.41) is 5.81. The van der Waals surface area contributed by atoms with Crippen LogP contribution < -0.4 is 16.4 Å². The van der Waals surface area contributed by atoms with Gasteiger partial charge >= 0.3 is 0 Å². The molecule has 4 N–H and O–H groups in total. The number of carbonyl (C=O) groups excluding carboxylic acids is 1. The lowest BCUT2D eigenvalue weighted by Gasteiger charge is -2.07. The number of aryl methyl sites for hydroxylation is 1. The molecule has 1 aromatic heterocycles. The minimum absolute atomic E-state index is 0.658. The Morgan fingerprint density at radius 2 is 1.62 bits per heavy atom. The predicted molar refractivity (Wildman–Crippen MR) is 99.2 cm³/mol. The van der Waals surface area contributed by atoms with Gasteiger partial charge in [0, 0.05) is 35.1 Å². The molecule has 1 heterocycles. The van der Waals surface area contributed by atoms with E-state index in [9.17, 15) is 4.79 Å². The molecule has 0 bridgehead atoms. The second-order valence-electron chi connectivity index (χ2n) is 5.12. The van der Waals surface area contributed by atoms with Crippen LogP contribution in [-0.2, 0) is 4.79 Å². The van der Waals surface area contributed by atoms with Crippen LogP contribution in [0.5, 0.6) is 0 Å². The minimum Gasteiger partial charge on any atom is -0.399 e. The van der Waals surface area contributed by atoms with Gasteiger partial charge in [-0.25, -0.2) is 0 Å². The van der Waals surface area contributed by atoms with E-state index in [2.05, 4.69) is 15.6 Å². The third-order valence-corrected chi connectivity index (χ3v) is 3.10. The van der Waals surface area contributed by atoms with E-state index in [4.69, 9.17) is 5.73 Å². The molecule has 3 aromatic rings. The Kier molecular flexibility index (Phi) is 6.35. The molecule has 0 aliphatic heterocycles. The molecule has 0 saturated heterocycles. The number of nitrogens with two attached hydrogens (primary N) is 1. The lowest BCUT2D eigenvalue weighted by Crippen LogP contribution is -1.95. The van der Waals surface area contributed by atoms with Crippen molar-refractivity contribution in [3.05, 3.63) is 78.6 Å². The zero-order valence-corrected chi connectivity index (χ0v) is 13.4. The quantitative estimate of drug-likeness (QED) is 0.502. The van der Waals surface area contributed by atoms with Crippen molar-refractivity contribution in [1.29, 1.82) is 0 Å². The highest BCUT2D eigenvalue weighted by Crippen LogP contribution is 2.18. The van der Waals surface area contributed by atoms with Gasteiger partial charge in [0.05, 0.1) is 0 Å². The van der Waals surface area contributed by atoms with Crippen molar-refractivity contribution >= 4 is 29.2 Å². The molecular weight excluding hydrogens is 300 g/mol. The van der Waals surface area contributed by atoms with E-state index in [0.29, 0.717) is 6.41 Å². The van der Waals surface area contributed by atoms with Crippen LogP contribution in [0.1, 0.15) is 5.56 Å². The van der Waals surface area contributed by atoms with Crippen LogP contribution in [0, 0.1) is 6.92 Å². The van der Waals surface area contributed by atoms with Gasteiger partial charge in [0.15, 0.2) is 0 Å². The Hall–Kier alpha value is -3.34. The van der Waals surface area contributed by atoms with Gasteiger partial charge in [-0.2, -0.15) is 0 Å². The average Bonchev–Trinajstić information content (AvgIpc) is 2.57. The van der Waals surface area contributed by atoms with E-state index in [1.807, 2.05) is 67.6 Å². The number of hydrogen-bond acceptors (Lipinski definition) is 4. The molecule has 0 aliphatic carbocycles. The largest absolute Gasteiger partial charge is 0.399 e. The zero-order valence-electron chi connectivity index (χ0n) is 13.4. The van der Waals surface area contributed by atoms with Crippen molar-refractivity contribution in [2.24, 2.45) is 0 Å². The summed E-state index contributed by atoms with van der Waals surface area (Å²) in [4.78, 5) is 14.2. The minimum atomic E-state index is 0.658. The maximum atomic E-state index is 10.3. The fourth-order valence-electron chi connectivity index (χ4n) is 2.03. The monoisotopic (exact) mass is 320 g/mol. The van der Waals surface area contributed by atoms with E-state index < -0.39 is 0 Å². The lowest BCUT2D eigenvalue weighted by molar-refractivity contribution is -0.105. The van der Waals surface area contributed by atoms with Gasteiger partial charge in [-0.05, 0) is 55.0 Å². The van der Waals surface area contributed by atoms with Gasteiger partial charge in [0.2, 0.25) is 6.41 Å². The fourth-order valence-corrected chi connectivity index (χ4v) is 2.03. The number of rotatable bonds is 4. The first kappa shape index (κ1) is 17.0. The van der Waals surface area contributed by atoms with Crippen molar-refractivity contribution < 1.29 is 4.79 Å². The van der Waals surface area contributed by atoms with E-state index in [1.54, 1.807) is 12.4 Å². The molecule has 0 radical (unpaired) electrons. The molecule has 122 valence electrons. The number of aromatic nitrogens is 1. The van der Waals surface area contributed by atoms with Crippen LogP contribution in [-0.4, -0.2) is 11.4 Å². The number of carbonyl (C=O) groups is 1. The first-order valence-corrected chi connectivity index (χ1v) is 7.47. The van der Waals surface area contributed by atoms with Gasteiger partial charge < -0.3 is 16.4 Å². The summed E-state index contributed by atoms with van der Waals surface area (Å²) in [6.07, 6.45) is 4.09. The molecule has 0 aliphatic rings. The fraction of sp³-hybridized carbons (Fsp3) is 0.0526. The first-order valence-electron chi connectivity index (χ1n) is 7.47. The number of anilines is 4. The molecule has 1 amide bonds. The summed E-state index contributed by atoms with van der Waals surface area (Å²) in [6.45, 7) is 2.02. The number of benzene rings is 2. The highest BCUT2D eigenvalue weighted by molar-refractivity contribution is 5.74. The lowest BCUT2D eigenvalue weighted by atomic mass is 10.2. The number of nitrogens with one attached hydrogen (secondary N) is 2. The smallest absolute Gasteiger partial charge is 0.211 e. The number of nitrogens with zero attached hydrogens (tertiary/aromatic N) is 1. The standard InChI is InChI=1S/C12H11N3O.C7H9N/c16-9-14-11-2-1-3-12(8-11)15-10-4-6-13-7-5-10;1-6-3-2-4-7(8)5-6/h1-9H,(H,13,15)(H,14,16);2-5H,8H2,1H3. The average molecular weight is 320 g/mol. The second kappa shape index (κ2) is 8.95. The van der Waals surface area contributed by atoms with E-state index in [-0.39, 0.29) is 0 Å². The van der Waals surface area contributed by atoms with Crippen LogP contribution in [0.15, 0.2) is 73.1 Å². The summed E-state index contributed by atoms with van der Waals surface area (Å²) in [5.74, 6) is 0. The van der Waals surface area contributed by atoms with E-state index in [1.165, 1.54) is 5.56 Å². The third-order valence-electron chi connectivity index (χ3n) is 3.10. The topological polar surface area (TPSA) is 80.0 Å². The zero-order chi connectivity index (χ0) is 17.2. The molecule has 0 saturated carbocycles. The Labute approximate surface area is 141 Å². The third kappa shape index (κ3) is 5.81. The maximum absolute atomic E-state index is 10.3. The number of amides is 1. The van der Waals surface area contributed by atoms with E-state index in [0.717, 1.165) is 22.7 Å². The van der Waals surface area contributed by atoms with Crippen LogP contribution in [0.25, 0.3) is 0 Å². The van der Waals surface area contributed by atoms with Gasteiger partial charge in [-0.15, -0.1) is 0 Å². The molecule has 24 heavy (non-hydrogen) atoms. The molecule has 5 heteroatoms. The van der Waals surface area contributed by atoms with Crippen molar-refractivity contribution in [2.75, 3.05) is 16.4 Å².